The van der Waals surface area contributed by atoms with Crippen molar-refractivity contribution < 1.29 is 27.5 Å². The summed E-state index contributed by atoms with van der Waals surface area (Å²) in [5, 5.41) is 2.66. The quantitative estimate of drug-likeness (QED) is 0.918. The largest absolute Gasteiger partial charge is 0.573 e. The molecule has 23 heavy (non-hydrogen) atoms. The molecule has 0 spiro atoms. The monoisotopic (exact) mass is 328 g/mol. The van der Waals surface area contributed by atoms with Crippen molar-refractivity contribution in [2.75, 3.05) is 19.6 Å². The molecule has 5 nitrogen and oxygen atoms in total. The average Bonchev–Trinajstić information content (AvgIpc) is 3.26. The molecule has 1 saturated heterocycles. The Morgan fingerprint density at radius 1 is 1.26 bits per heavy atom. The summed E-state index contributed by atoms with van der Waals surface area (Å²) in [6.45, 7) is 1.01. The van der Waals surface area contributed by atoms with Gasteiger partial charge in [-0.1, -0.05) is 12.1 Å². The Kier molecular flexibility index (Phi) is 3.91. The fraction of sp³-hybridized carbons (Fsp3) is 0.467. The van der Waals surface area contributed by atoms with Gasteiger partial charge >= 0.3 is 6.36 Å². The van der Waals surface area contributed by atoms with Gasteiger partial charge in [-0.3, -0.25) is 9.59 Å². The third-order valence-electron chi connectivity index (χ3n) is 4.00. The number of carbonyl (C=O) groups is 2. The zero-order chi connectivity index (χ0) is 16.6. The Hall–Kier alpha value is -2.25. The molecule has 1 heterocycles. The third-order valence-corrected chi connectivity index (χ3v) is 4.00. The van der Waals surface area contributed by atoms with Crippen LogP contribution >= 0.6 is 0 Å². The van der Waals surface area contributed by atoms with Crippen molar-refractivity contribution >= 4 is 11.8 Å². The van der Waals surface area contributed by atoms with Crippen LogP contribution in [0.5, 0.6) is 5.75 Å². The first-order chi connectivity index (χ1) is 10.8. The second-order valence-electron chi connectivity index (χ2n) is 5.68. The maximum atomic E-state index is 12.3. The number of alkyl halides is 3. The van der Waals surface area contributed by atoms with Crippen LogP contribution in [0.25, 0.3) is 0 Å². The molecule has 0 aromatic heterocycles. The van der Waals surface area contributed by atoms with Gasteiger partial charge in [0.1, 0.15) is 5.75 Å². The van der Waals surface area contributed by atoms with Gasteiger partial charge in [-0.2, -0.15) is 0 Å². The predicted molar refractivity (Wildman–Crippen MR) is 73.6 cm³/mol. The molecular formula is C15H15F3N2O3. The van der Waals surface area contributed by atoms with E-state index in [1.807, 2.05) is 0 Å². The topological polar surface area (TPSA) is 58.6 Å². The molecule has 1 aliphatic carbocycles. The van der Waals surface area contributed by atoms with Crippen molar-refractivity contribution in [3.05, 3.63) is 29.8 Å². The lowest BCUT2D eigenvalue weighted by molar-refractivity contribution is -0.274. The zero-order valence-corrected chi connectivity index (χ0v) is 12.1. The highest BCUT2D eigenvalue weighted by Crippen LogP contribution is 2.48. The number of amides is 2. The van der Waals surface area contributed by atoms with E-state index in [0.717, 1.165) is 5.56 Å². The van der Waals surface area contributed by atoms with E-state index in [4.69, 9.17) is 0 Å². The zero-order valence-electron chi connectivity index (χ0n) is 12.1. The van der Waals surface area contributed by atoms with Gasteiger partial charge in [0.05, 0.1) is 6.54 Å². The fourth-order valence-corrected chi connectivity index (χ4v) is 2.81. The van der Waals surface area contributed by atoms with Crippen molar-refractivity contribution in [2.45, 2.75) is 18.7 Å². The van der Waals surface area contributed by atoms with Crippen LogP contribution in [0.3, 0.4) is 0 Å². The molecule has 2 fully saturated rings. The second kappa shape index (κ2) is 5.75. The highest BCUT2D eigenvalue weighted by molar-refractivity contribution is 5.89. The number of piperazine rings is 1. The fourth-order valence-electron chi connectivity index (χ4n) is 2.81. The van der Waals surface area contributed by atoms with Crippen LogP contribution in [0, 0.1) is 5.92 Å². The van der Waals surface area contributed by atoms with Gasteiger partial charge < -0.3 is 15.0 Å². The van der Waals surface area contributed by atoms with Crippen molar-refractivity contribution in [2.24, 2.45) is 5.92 Å². The van der Waals surface area contributed by atoms with Crippen LogP contribution in [0.2, 0.25) is 0 Å². The standard InChI is InChI=1S/C15H15F3N2O3/c16-15(17,18)23-10-3-1-9(2-4-10)11-7-12(11)14(22)20-6-5-19-13(21)8-20/h1-4,11-12H,5-8H2,(H,19,21)/t11-,12-/m0/s1. The number of halogens is 3. The van der Waals surface area contributed by atoms with E-state index in [1.165, 1.54) is 17.0 Å². The van der Waals surface area contributed by atoms with Crippen molar-refractivity contribution in [1.82, 2.24) is 10.2 Å². The summed E-state index contributed by atoms with van der Waals surface area (Å²) in [6.07, 6.45) is -4.06. The van der Waals surface area contributed by atoms with E-state index in [-0.39, 0.29) is 35.9 Å². The maximum Gasteiger partial charge on any atom is 0.573 e. The average molecular weight is 328 g/mol. The number of nitrogens with one attached hydrogen (secondary N) is 1. The third kappa shape index (κ3) is 3.75. The highest BCUT2D eigenvalue weighted by atomic mass is 19.4. The summed E-state index contributed by atoms with van der Waals surface area (Å²) in [6, 6.07) is 5.58. The first-order valence-electron chi connectivity index (χ1n) is 7.25. The Labute approximate surface area is 130 Å². The van der Waals surface area contributed by atoms with E-state index in [9.17, 15) is 22.8 Å². The molecule has 2 atom stereocenters. The van der Waals surface area contributed by atoms with Crippen LogP contribution in [0.15, 0.2) is 24.3 Å². The van der Waals surface area contributed by atoms with Crippen LogP contribution in [0.4, 0.5) is 13.2 Å². The minimum Gasteiger partial charge on any atom is -0.406 e. The summed E-state index contributed by atoms with van der Waals surface area (Å²) >= 11 is 0. The Balaban J connectivity index is 1.59. The number of ether oxygens (including phenoxy) is 1. The van der Waals surface area contributed by atoms with Crippen molar-refractivity contribution in [1.29, 1.82) is 0 Å². The molecule has 1 aromatic carbocycles. The normalized spacial score (nSPS) is 24.1. The first-order valence-corrected chi connectivity index (χ1v) is 7.25. The number of benzene rings is 1. The highest BCUT2D eigenvalue weighted by Gasteiger charge is 2.46. The Bertz CT molecular complexity index is 615. The number of rotatable bonds is 3. The molecule has 2 amide bonds. The molecule has 1 aromatic rings. The van der Waals surface area contributed by atoms with Gasteiger partial charge in [0.25, 0.3) is 0 Å². The van der Waals surface area contributed by atoms with Gasteiger partial charge in [-0.05, 0) is 30.0 Å². The van der Waals surface area contributed by atoms with Gasteiger partial charge in [0.2, 0.25) is 11.8 Å². The SMILES string of the molecule is O=C1CN(C(=O)[C@H]2C[C@H]2c2ccc(OC(F)(F)F)cc2)CCN1. The molecule has 2 aliphatic rings. The lowest BCUT2D eigenvalue weighted by atomic mass is 10.1. The number of nitrogens with zero attached hydrogens (tertiary/aromatic N) is 1. The lowest BCUT2D eigenvalue weighted by Crippen LogP contribution is -2.50. The van der Waals surface area contributed by atoms with Crippen LogP contribution < -0.4 is 10.1 Å². The summed E-state index contributed by atoms with van der Waals surface area (Å²) in [7, 11) is 0. The van der Waals surface area contributed by atoms with Gasteiger partial charge in [0.15, 0.2) is 0 Å². The number of carbonyl (C=O) groups excluding carboxylic acids is 2. The molecule has 0 unspecified atom stereocenters. The minimum atomic E-state index is -4.71. The van der Waals surface area contributed by atoms with E-state index >= 15 is 0 Å². The molecule has 3 rings (SSSR count). The molecule has 8 heteroatoms. The van der Waals surface area contributed by atoms with Crippen molar-refractivity contribution in [3.63, 3.8) is 0 Å². The van der Waals surface area contributed by atoms with Crippen LogP contribution in [0.1, 0.15) is 17.9 Å². The Morgan fingerprint density at radius 3 is 2.57 bits per heavy atom. The maximum absolute atomic E-state index is 12.3. The smallest absolute Gasteiger partial charge is 0.406 e. The number of hydrogen-bond donors (Lipinski definition) is 1. The molecule has 0 bridgehead atoms. The van der Waals surface area contributed by atoms with Gasteiger partial charge in [0, 0.05) is 19.0 Å². The van der Waals surface area contributed by atoms with Gasteiger partial charge in [-0.15, -0.1) is 13.2 Å². The van der Waals surface area contributed by atoms with E-state index in [2.05, 4.69) is 10.1 Å². The molecule has 1 N–H and O–H groups in total. The molecule has 124 valence electrons. The second-order valence-corrected chi connectivity index (χ2v) is 5.68. The molecule has 1 aliphatic heterocycles. The lowest BCUT2D eigenvalue weighted by Gasteiger charge is -2.26. The molecule has 0 radical (unpaired) electrons. The van der Waals surface area contributed by atoms with Gasteiger partial charge in [-0.25, -0.2) is 0 Å². The van der Waals surface area contributed by atoms with E-state index in [0.29, 0.717) is 19.5 Å². The van der Waals surface area contributed by atoms with Crippen LogP contribution in [-0.2, 0) is 9.59 Å². The Morgan fingerprint density at radius 2 is 1.96 bits per heavy atom. The first kappa shape index (κ1) is 15.6. The molecule has 1 saturated carbocycles. The van der Waals surface area contributed by atoms with Crippen molar-refractivity contribution in [3.8, 4) is 5.75 Å². The summed E-state index contributed by atoms with van der Waals surface area (Å²) < 4.78 is 40.2. The summed E-state index contributed by atoms with van der Waals surface area (Å²) in [5.41, 5.74) is 0.805. The van der Waals surface area contributed by atoms with E-state index < -0.39 is 6.36 Å². The predicted octanol–water partition coefficient (Wildman–Crippen LogP) is 1.65. The number of hydrogen-bond acceptors (Lipinski definition) is 3. The summed E-state index contributed by atoms with van der Waals surface area (Å²) in [5.74, 6) is -0.726. The molecular weight excluding hydrogens is 313 g/mol. The van der Waals surface area contributed by atoms with Crippen LogP contribution in [-0.4, -0.2) is 42.7 Å². The summed E-state index contributed by atoms with van der Waals surface area (Å²) in [4.78, 5) is 25.2. The van der Waals surface area contributed by atoms with E-state index in [1.54, 1.807) is 12.1 Å². The minimum absolute atomic E-state index is 0.00701.